The number of carbonyl (C=O) groups is 2. The summed E-state index contributed by atoms with van der Waals surface area (Å²) < 4.78 is 5.73. The van der Waals surface area contributed by atoms with Crippen molar-refractivity contribution < 1.29 is 14.3 Å². The molecule has 154 valence electrons. The van der Waals surface area contributed by atoms with Crippen molar-refractivity contribution in [2.24, 2.45) is 5.41 Å². The third-order valence-corrected chi connectivity index (χ3v) is 5.00. The van der Waals surface area contributed by atoms with Crippen LogP contribution in [0.25, 0.3) is 0 Å². The van der Waals surface area contributed by atoms with E-state index >= 15 is 0 Å². The number of benzene rings is 1. The van der Waals surface area contributed by atoms with Crippen LogP contribution >= 0.6 is 0 Å². The molecule has 2 amide bonds. The van der Waals surface area contributed by atoms with Gasteiger partial charge in [0.1, 0.15) is 12.4 Å². The van der Waals surface area contributed by atoms with Crippen LogP contribution in [0.2, 0.25) is 0 Å². The van der Waals surface area contributed by atoms with Gasteiger partial charge in [-0.3, -0.25) is 14.6 Å². The zero-order valence-corrected chi connectivity index (χ0v) is 17.4. The van der Waals surface area contributed by atoms with Gasteiger partial charge < -0.3 is 15.0 Å². The molecule has 29 heavy (non-hydrogen) atoms. The zero-order valence-electron chi connectivity index (χ0n) is 17.4. The maximum absolute atomic E-state index is 12.5. The van der Waals surface area contributed by atoms with E-state index in [0.29, 0.717) is 31.0 Å². The van der Waals surface area contributed by atoms with Gasteiger partial charge in [-0.2, -0.15) is 0 Å². The molecule has 2 heterocycles. The van der Waals surface area contributed by atoms with E-state index in [-0.39, 0.29) is 23.3 Å². The molecule has 0 spiro atoms. The number of nitrogens with one attached hydrogen (secondary N) is 1. The van der Waals surface area contributed by atoms with Crippen LogP contribution in [0.3, 0.4) is 0 Å². The summed E-state index contributed by atoms with van der Waals surface area (Å²) in [4.78, 5) is 30.9. The van der Waals surface area contributed by atoms with Gasteiger partial charge in [-0.25, -0.2) is 0 Å². The Balaban J connectivity index is 1.47. The first-order valence-electron chi connectivity index (χ1n) is 10.0. The minimum Gasteiger partial charge on any atom is -0.489 e. The molecule has 2 aromatic rings. The lowest BCUT2D eigenvalue weighted by atomic mass is 9.93. The number of hydrogen-bond donors (Lipinski definition) is 1. The summed E-state index contributed by atoms with van der Waals surface area (Å²) in [7, 11) is 0. The smallest absolute Gasteiger partial charge is 0.251 e. The molecule has 1 aliphatic heterocycles. The fraction of sp³-hybridized carbons (Fsp3) is 0.435. The number of carbonyl (C=O) groups excluding carboxylic acids is 2. The van der Waals surface area contributed by atoms with Gasteiger partial charge in [0.05, 0.1) is 0 Å². The molecule has 0 aliphatic carbocycles. The van der Waals surface area contributed by atoms with Crippen LogP contribution in [0.1, 0.15) is 49.5 Å². The van der Waals surface area contributed by atoms with Gasteiger partial charge >= 0.3 is 0 Å². The average Bonchev–Trinajstić information content (AvgIpc) is 2.73. The Labute approximate surface area is 172 Å². The number of amides is 2. The summed E-state index contributed by atoms with van der Waals surface area (Å²) in [6.45, 7) is 7.61. The van der Waals surface area contributed by atoms with Crippen molar-refractivity contribution in [3.63, 3.8) is 0 Å². The lowest BCUT2D eigenvalue weighted by molar-refractivity contribution is -0.140. The van der Waals surface area contributed by atoms with E-state index in [4.69, 9.17) is 4.74 Å². The second-order valence-corrected chi connectivity index (χ2v) is 8.46. The van der Waals surface area contributed by atoms with Crippen LogP contribution in [0, 0.1) is 5.41 Å². The van der Waals surface area contributed by atoms with Gasteiger partial charge in [0.15, 0.2) is 0 Å². The van der Waals surface area contributed by atoms with E-state index in [0.717, 1.165) is 18.4 Å². The van der Waals surface area contributed by atoms with Crippen LogP contribution in [-0.4, -0.2) is 40.8 Å². The Hall–Kier alpha value is -2.89. The highest BCUT2D eigenvalue weighted by Crippen LogP contribution is 2.21. The molecule has 6 heteroatoms. The average molecular weight is 396 g/mol. The van der Waals surface area contributed by atoms with Crippen LogP contribution in [-0.2, 0) is 11.4 Å². The predicted molar refractivity (Wildman–Crippen MR) is 112 cm³/mol. The Morgan fingerprint density at radius 1 is 1.14 bits per heavy atom. The molecular weight excluding hydrogens is 366 g/mol. The van der Waals surface area contributed by atoms with Gasteiger partial charge in [-0.15, -0.1) is 0 Å². The second kappa shape index (κ2) is 9.07. The molecule has 0 bridgehead atoms. The summed E-state index contributed by atoms with van der Waals surface area (Å²) in [5.74, 6) is 0.785. The molecule has 1 fully saturated rings. The van der Waals surface area contributed by atoms with E-state index in [1.54, 1.807) is 36.7 Å². The molecule has 1 aromatic carbocycles. The number of rotatable bonds is 5. The molecule has 1 aliphatic rings. The van der Waals surface area contributed by atoms with Crippen molar-refractivity contribution >= 4 is 11.8 Å². The van der Waals surface area contributed by atoms with Gasteiger partial charge in [0.25, 0.3) is 5.91 Å². The molecule has 1 saturated heterocycles. The second-order valence-electron chi connectivity index (χ2n) is 8.46. The molecule has 1 aromatic heterocycles. The van der Waals surface area contributed by atoms with E-state index in [2.05, 4.69) is 10.3 Å². The Kier molecular flexibility index (Phi) is 6.52. The maximum Gasteiger partial charge on any atom is 0.251 e. The van der Waals surface area contributed by atoms with E-state index in [1.165, 1.54) is 0 Å². The van der Waals surface area contributed by atoms with E-state index < -0.39 is 0 Å². The zero-order chi connectivity index (χ0) is 20.9. The number of ether oxygens (including phenoxy) is 1. The molecule has 0 atom stereocenters. The molecule has 6 nitrogen and oxygen atoms in total. The SMILES string of the molecule is CC(C)(C)C(=O)N1CCC(NC(=O)c2ccc(OCc3cccnc3)cc2)CC1. The van der Waals surface area contributed by atoms with Crippen LogP contribution < -0.4 is 10.1 Å². The predicted octanol–water partition coefficient (Wildman–Crippen LogP) is 3.43. The highest BCUT2D eigenvalue weighted by atomic mass is 16.5. The number of aromatic nitrogens is 1. The Morgan fingerprint density at radius 3 is 2.41 bits per heavy atom. The van der Waals surface area contributed by atoms with Crippen molar-refractivity contribution in [3.8, 4) is 5.75 Å². The Morgan fingerprint density at radius 2 is 1.83 bits per heavy atom. The molecule has 0 radical (unpaired) electrons. The van der Waals surface area contributed by atoms with Gasteiger partial charge in [0.2, 0.25) is 5.91 Å². The molecule has 0 saturated carbocycles. The quantitative estimate of drug-likeness (QED) is 0.842. The van der Waals surface area contributed by atoms with Crippen molar-refractivity contribution in [3.05, 3.63) is 59.9 Å². The largest absolute Gasteiger partial charge is 0.489 e. The topological polar surface area (TPSA) is 71.5 Å². The van der Waals surface area contributed by atoms with Crippen LogP contribution in [0.4, 0.5) is 0 Å². The fourth-order valence-electron chi connectivity index (χ4n) is 3.32. The van der Waals surface area contributed by atoms with Crippen molar-refractivity contribution in [2.75, 3.05) is 13.1 Å². The molecule has 0 unspecified atom stereocenters. The first-order valence-corrected chi connectivity index (χ1v) is 10.0. The lowest BCUT2D eigenvalue weighted by Crippen LogP contribution is -2.49. The normalized spacial score (nSPS) is 15.1. The number of pyridine rings is 1. The maximum atomic E-state index is 12.5. The summed E-state index contributed by atoms with van der Waals surface area (Å²) in [5.41, 5.74) is 1.23. The standard InChI is InChI=1S/C23H29N3O3/c1-23(2,3)22(28)26-13-10-19(11-14-26)25-21(27)18-6-8-20(9-7-18)29-16-17-5-4-12-24-15-17/h4-9,12,15,19H,10-11,13-14,16H2,1-3H3,(H,25,27). The van der Waals surface area contributed by atoms with Crippen molar-refractivity contribution in [1.82, 2.24) is 15.2 Å². The van der Waals surface area contributed by atoms with E-state index in [9.17, 15) is 9.59 Å². The number of likely N-dealkylation sites (tertiary alicyclic amines) is 1. The first kappa shape index (κ1) is 20.8. The summed E-state index contributed by atoms with van der Waals surface area (Å²) in [5, 5.41) is 3.08. The summed E-state index contributed by atoms with van der Waals surface area (Å²) in [6.07, 6.45) is 5.05. The molecule has 1 N–H and O–H groups in total. The fourth-order valence-corrected chi connectivity index (χ4v) is 3.32. The van der Waals surface area contributed by atoms with E-state index in [1.807, 2.05) is 37.8 Å². The number of piperidine rings is 1. The monoisotopic (exact) mass is 395 g/mol. The van der Waals surface area contributed by atoms with Gasteiger partial charge in [0, 0.05) is 48.1 Å². The van der Waals surface area contributed by atoms with Crippen molar-refractivity contribution in [2.45, 2.75) is 46.3 Å². The number of hydrogen-bond acceptors (Lipinski definition) is 4. The highest BCUT2D eigenvalue weighted by molar-refractivity contribution is 5.94. The Bertz CT molecular complexity index is 821. The third-order valence-electron chi connectivity index (χ3n) is 5.00. The minimum atomic E-state index is -0.364. The van der Waals surface area contributed by atoms with Crippen LogP contribution in [0.5, 0.6) is 5.75 Å². The molecule has 3 rings (SSSR count). The third kappa shape index (κ3) is 5.79. The lowest BCUT2D eigenvalue weighted by Gasteiger charge is -2.36. The van der Waals surface area contributed by atoms with Gasteiger partial charge in [-0.05, 0) is 43.2 Å². The number of nitrogens with zero attached hydrogens (tertiary/aromatic N) is 2. The summed E-state index contributed by atoms with van der Waals surface area (Å²) >= 11 is 0. The minimum absolute atomic E-state index is 0.0908. The van der Waals surface area contributed by atoms with Crippen molar-refractivity contribution in [1.29, 1.82) is 0 Å². The highest BCUT2D eigenvalue weighted by Gasteiger charge is 2.30. The van der Waals surface area contributed by atoms with Crippen LogP contribution in [0.15, 0.2) is 48.8 Å². The van der Waals surface area contributed by atoms with Gasteiger partial charge in [-0.1, -0.05) is 26.8 Å². The molecular formula is C23H29N3O3. The first-order chi connectivity index (χ1) is 13.8. The summed E-state index contributed by atoms with van der Waals surface area (Å²) in [6, 6.07) is 11.1.